The van der Waals surface area contributed by atoms with E-state index in [0.717, 1.165) is 11.8 Å². The molecule has 0 spiro atoms. The Morgan fingerprint density at radius 2 is 1.45 bits per heavy atom. The van der Waals surface area contributed by atoms with Crippen LogP contribution in [-0.2, 0) is 63.1 Å². The first-order valence-corrected chi connectivity index (χ1v) is 32.1. The number of anilines is 1. The van der Waals surface area contributed by atoms with E-state index in [-0.39, 0.29) is 67.7 Å². The zero-order chi connectivity index (χ0) is 54.3. The van der Waals surface area contributed by atoms with Crippen LogP contribution in [-0.4, -0.2) is 122 Å². The molecular formula is C51H72N8O11S3Si. The molecule has 2 heterocycles. The van der Waals surface area contributed by atoms with E-state index in [1.54, 1.807) is 94.6 Å². The molecule has 0 radical (unpaired) electrons. The van der Waals surface area contributed by atoms with Gasteiger partial charge in [-0.25, -0.2) is 26.4 Å². The lowest BCUT2D eigenvalue weighted by Gasteiger charge is -2.40. The topological polar surface area (TPSA) is 231 Å². The number of carbonyl (C=O) groups is 1. The highest BCUT2D eigenvalue weighted by Gasteiger charge is 2.42. The van der Waals surface area contributed by atoms with E-state index in [1.807, 2.05) is 70.0 Å². The van der Waals surface area contributed by atoms with Gasteiger partial charge in [0.05, 0.1) is 38.2 Å². The second-order valence-electron chi connectivity index (χ2n) is 21.2. The third-order valence-corrected chi connectivity index (χ3v) is 21.6. The second-order valence-corrected chi connectivity index (χ2v) is 31.2. The maximum Gasteiger partial charge on any atom is 0.407 e. The van der Waals surface area contributed by atoms with E-state index in [9.17, 15) is 13.2 Å². The van der Waals surface area contributed by atoms with Crippen molar-refractivity contribution < 1.29 is 48.1 Å². The zero-order valence-corrected chi connectivity index (χ0v) is 47.7. The van der Waals surface area contributed by atoms with Crippen LogP contribution in [0.4, 0.5) is 10.5 Å². The Morgan fingerprint density at radius 1 is 0.838 bits per heavy atom. The normalized spacial score (nSPS) is 16.5. The Labute approximate surface area is 438 Å². The van der Waals surface area contributed by atoms with Gasteiger partial charge >= 0.3 is 6.09 Å². The van der Waals surface area contributed by atoms with Crippen molar-refractivity contribution in [3.8, 4) is 17.1 Å². The lowest BCUT2D eigenvalue weighted by Crippen LogP contribution is -2.51. The van der Waals surface area contributed by atoms with Gasteiger partial charge in [0.25, 0.3) is 10.1 Å². The number of tetrazole rings is 1. The van der Waals surface area contributed by atoms with Crippen LogP contribution in [0.25, 0.3) is 11.4 Å². The minimum atomic E-state index is -4.92. The number of rotatable bonds is 22. The number of nitrogens with zero attached hydrogens (tertiary/aromatic N) is 6. The molecule has 404 valence electrons. The van der Waals surface area contributed by atoms with Crippen LogP contribution in [0.2, 0.25) is 18.1 Å². The van der Waals surface area contributed by atoms with Crippen molar-refractivity contribution in [1.29, 1.82) is 0 Å². The predicted molar refractivity (Wildman–Crippen MR) is 286 cm³/mol. The minimum absolute atomic E-state index is 0.0328. The maximum atomic E-state index is 16.2. The molecule has 0 bridgehead atoms. The van der Waals surface area contributed by atoms with E-state index in [1.165, 1.54) is 15.2 Å². The third-order valence-electron chi connectivity index (χ3n) is 13.0. The molecule has 1 amide bonds. The molecule has 5 aromatic rings. The molecule has 19 nitrogen and oxygen atoms in total. The summed E-state index contributed by atoms with van der Waals surface area (Å²) in [6.45, 7) is 16.8. The number of hydrogen-bond acceptors (Lipinski definition) is 15. The largest absolute Gasteiger partial charge is 0.497 e. The number of benzene rings is 4. The summed E-state index contributed by atoms with van der Waals surface area (Å²) < 4.78 is 114. The molecule has 3 atom stereocenters. The molecule has 0 saturated carbocycles. The number of nitrogens with one attached hydrogen (secondary N) is 2. The Balaban J connectivity index is 1.56. The summed E-state index contributed by atoms with van der Waals surface area (Å²) in [5.41, 5.74) is 1.48. The van der Waals surface area contributed by atoms with Crippen LogP contribution in [0.3, 0.4) is 0 Å². The number of amides is 1. The highest BCUT2D eigenvalue weighted by molar-refractivity contribution is 7.92. The molecule has 3 unspecified atom stereocenters. The Hall–Kier alpha value is -5.27. The number of carbonyl (C=O) groups excluding carboxylic acids is 1. The lowest BCUT2D eigenvalue weighted by atomic mass is 9.91. The summed E-state index contributed by atoms with van der Waals surface area (Å²) in [5, 5.41) is 16.1. The summed E-state index contributed by atoms with van der Waals surface area (Å²) in [7, 11) is -14.5. The first-order chi connectivity index (χ1) is 34.5. The highest BCUT2D eigenvalue weighted by atomic mass is 32.2. The molecule has 1 fully saturated rings. The highest BCUT2D eigenvalue weighted by Crippen LogP contribution is 2.44. The number of aromatic nitrogens is 4. The van der Waals surface area contributed by atoms with Crippen LogP contribution in [0.15, 0.2) is 107 Å². The standard InChI is InChI=1S/C51H72N8O11S3Si/c1-37-30-41(36-68-71(9,61)62)28-29-58(37)44-26-27-45(72(63,64)53-32-43(70-74(10,11)51(5,6)7)31-52-49(60)69-50(2,3)4)47(46(44)48-54-56-59(55-48)35-40-22-24-42(67-8)25-23-40)73(65,66)57(33-38-18-14-12-15-19-38)34-39-20-16-13-17-21-39/h12-27,37,41,43,53H,28-36H2,1-11H3,(H,52,60). The van der Waals surface area contributed by atoms with Crippen LogP contribution in [0.5, 0.6) is 5.75 Å². The van der Waals surface area contributed by atoms with Gasteiger partial charge in [-0.2, -0.15) is 17.5 Å². The van der Waals surface area contributed by atoms with Gasteiger partial charge in [-0.1, -0.05) is 93.6 Å². The lowest BCUT2D eigenvalue weighted by molar-refractivity contribution is 0.0498. The Morgan fingerprint density at radius 3 is 1.99 bits per heavy atom. The van der Waals surface area contributed by atoms with Crippen LogP contribution < -0.4 is 19.7 Å². The van der Waals surface area contributed by atoms with Gasteiger partial charge in [0.2, 0.25) is 25.9 Å². The first kappa shape index (κ1) is 58.0. The molecule has 74 heavy (non-hydrogen) atoms. The van der Waals surface area contributed by atoms with Gasteiger partial charge in [0.15, 0.2) is 8.32 Å². The fraction of sp³-hybridized carbons (Fsp3) is 0.490. The van der Waals surface area contributed by atoms with Crippen molar-refractivity contribution in [2.45, 2.75) is 127 Å². The SMILES string of the molecule is COc1ccc(Cn2nnc(-c3c(N4CCC(COS(C)(=O)=O)CC4C)ccc(S(=O)(=O)NCC(CNC(=O)OC(C)(C)C)O[Si](C)(C)C(C)(C)C)c3S(=O)(=O)N(Cc3ccccc3)Cc3ccccc3)n2)cc1. The molecule has 2 N–H and O–H groups in total. The minimum Gasteiger partial charge on any atom is -0.497 e. The van der Waals surface area contributed by atoms with Crippen molar-refractivity contribution in [2.75, 3.05) is 44.5 Å². The average Bonchev–Trinajstić information content (AvgIpc) is 3.79. The molecule has 1 aliphatic heterocycles. The summed E-state index contributed by atoms with van der Waals surface area (Å²) in [6.07, 6.45) is 0.279. The quantitative estimate of drug-likeness (QED) is 0.0503. The average molecular weight is 1100 g/mol. The first-order valence-electron chi connectivity index (χ1n) is 24.5. The number of hydrogen-bond donors (Lipinski definition) is 2. The summed E-state index contributed by atoms with van der Waals surface area (Å²) >= 11 is 0. The van der Waals surface area contributed by atoms with Crippen LogP contribution in [0.1, 0.15) is 78.0 Å². The number of methoxy groups -OCH3 is 1. The van der Waals surface area contributed by atoms with E-state index in [0.29, 0.717) is 42.0 Å². The molecule has 4 aromatic carbocycles. The molecule has 1 aromatic heterocycles. The van der Waals surface area contributed by atoms with Crippen molar-refractivity contribution in [1.82, 2.24) is 34.6 Å². The van der Waals surface area contributed by atoms with Crippen molar-refractivity contribution >= 4 is 50.3 Å². The van der Waals surface area contributed by atoms with Crippen LogP contribution in [0, 0.1) is 5.92 Å². The van der Waals surface area contributed by atoms with E-state index in [4.69, 9.17) is 23.2 Å². The monoisotopic (exact) mass is 1100 g/mol. The van der Waals surface area contributed by atoms with Crippen molar-refractivity contribution in [2.24, 2.45) is 5.92 Å². The fourth-order valence-corrected chi connectivity index (χ4v) is 13.5. The van der Waals surface area contributed by atoms with E-state index >= 15 is 16.8 Å². The van der Waals surface area contributed by atoms with Crippen LogP contribution >= 0.6 is 0 Å². The van der Waals surface area contributed by atoms with Gasteiger partial charge in [-0.3, -0.25) is 4.18 Å². The molecule has 6 rings (SSSR count). The smallest absolute Gasteiger partial charge is 0.407 e. The van der Waals surface area contributed by atoms with Gasteiger partial charge in [-0.05, 0) is 111 Å². The fourth-order valence-electron chi connectivity index (χ4n) is 8.25. The Kier molecular flexibility index (Phi) is 18.6. The molecular weight excluding hydrogens is 1020 g/mol. The number of sulfonamides is 2. The molecule has 1 aliphatic rings. The zero-order valence-electron chi connectivity index (χ0n) is 44.2. The number of piperidine rings is 1. The van der Waals surface area contributed by atoms with E-state index < -0.39 is 66.1 Å². The van der Waals surface area contributed by atoms with Crippen molar-refractivity contribution in [3.63, 3.8) is 0 Å². The summed E-state index contributed by atoms with van der Waals surface area (Å²) in [5.74, 6) is 0.327. The van der Waals surface area contributed by atoms with Gasteiger partial charge in [-0.15, -0.1) is 10.2 Å². The third kappa shape index (κ3) is 15.6. The Bertz CT molecular complexity index is 2980. The summed E-state index contributed by atoms with van der Waals surface area (Å²) in [6, 6.07) is 27.7. The number of ether oxygens (including phenoxy) is 2. The van der Waals surface area contributed by atoms with Gasteiger partial charge < -0.3 is 24.1 Å². The summed E-state index contributed by atoms with van der Waals surface area (Å²) in [4.78, 5) is 15.1. The second kappa shape index (κ2) is 23.7. The maximum absolute atomic E-state index is 16.2. The van der Waals surface area contributed by atoms with Gasteiger partial charge in [0, 0.05) is 44.5 Å². The van der Waals surface area contributed by atoms with Crippen molar-refractivity contribution in [3.05, 3.63) is 114 Å². The molecule has 23 heteroatoms. The molecule has 1 saturated heterocycles. The predicted octanol–water partition coefficient (Wildman–Crippen LogP) is 7.56. The van der Waals surface area contributed by atoms with Gasteiger partial charge in [0.1, 0.15) is 21.1 Å². The van der Waals surface area contributed by atoms with E-state index in [2.05, 4.69) is 20.4 Å². The molecule has 0 aliphatic carbocycles. The number of alkyl carbamates (subject to hydrolysis) is 1.